The number of nitrogens with two attached hydrogens (primary N) is 1. The number of nitrogens with one attached hydrogen (secondary N) is 1. The number of nitrogens with zero attached hydrogens (tertiary/aromatic N) is 1. The van der Waals surface area contributed by atoms with Gasteiger partial charge in [-0.15, -0.1) is 0 Å². The van der Waals surface area contributed by atoms with Crippen molar-refractivity contribution in [2.75, 3.05) is 24.1 Å². The van der Waals surface area contributed by atoms with Crippen molar-refractivity contribution in [3.63, 3.8) is 0 Å². The molecular weight excluding hydrogens is 282 g/mol. The van der Waals surface area contributed by atoms with Crippen LogP contribution in [0.25, 0.3) is 0 Å². The Morgan fingerprint density at radius 1 is 1.45 bits per heavy atom. The summed E-state index contributed by atoms with van der Waals surface area (Å²) in [4.78, 5) is 13.9. The second-order valence-corrected chi connectivity index (χ2v) is 5.42. The molecule has 110 valence electrons. The van der Waals surface area contributed by atoms with Crippen molar-refractivity contribution in [2.45, 2.75) is 25.2 Å². The lowest BCUT2D eigenvalue weighted by atomic mass is 10.2. The summed E-state index contributed by atoms with van der Waals surface area (Å²) in [5.41, 5.74) is 6.66. The zero-order chi connectivity index (χ0) is 14.9. The fourth-order valence-electron chi connectivity index (χ4n) is 2.17. The third-order valence-corrected chi connectivity index (χ3v) is 3.72. The van der Waals surface area contributed by atoms with Gasteiger partial charge < -0.3 is 21.3 Å². The summed E-state index contributed by atoms with van der Waals surface area (Å²) >= 11 is 5.80. The third kappa shape index (κ3) is 3.21. The quantitative estimate of drug-likeness (QED) is 0.601. The number of aliphatic hydroxyl groups excluding tert-OH is 2. The first-order valence-electron chi connectivity index (χ1n) is 6.34. The maximum atomic E-state index is 12.1. The molecule has 5 N–H and O–H groups in total. The maximum Gasteiger partial charge on any atom is 0.241 e. The number of β-amino-alcohol motifs (C(OH)–C–C–N with tert-alkyl or cyclic N) is 2. The predicted octanol–water partition coefficient (Wildman–Crippen LogP) is 0.287. The molecule has 1 saturated heterocycles. The average molecular weight is 300 g/mol. The van der Waals surface area contributed by atoms with Crippen molar-refractivity contribution in [1.29, 1.82) is 0 Å². The normalized spacial score (nSPS) is 24.6. The number of hydrogen-bond acceptors (Lipinski definition) is 5. The molecule has 0 spiro atoms. The molecule has 1 heterocycles. The minimum atomic E-state index is -0.814. The summed E-state index contributed by atoms with van der Waals surface area (Å²) in [6.45, 7) is 2.25. The predicted molar refractivity (Wildman–Crippen MR) is 77.5 cm³/mol. The Morgan fingerprint density at radius 3 is 2.60 bits per heavy atom. The summed E-state index contributed by atoms with van der Waals surface area (Å²) in [5, 5.41) is 22.2. The van der Waals surface area contributed by atoms with Crippen LogP contribution in [0, 0.1) is 0 Å². The highest BCUT2D eigenvalue weighted by atomic mass is 35.5. The van der Waals surface area contributed by atoms with Crippen LogP contribution in [-0.2, 0) is 4.79 Å². The van der Waals surface area contributed by atoms with Crippen molar-refractivity contribution < 1.29 is 15.0 Å². The molecule has 2 rings (SSSR count). The van der Waals surface area contributed by atoms with Crippen molar-refractivity contribution in [2.24, 2.45) is 0 Å². The van der Waals surface area contributed by atoms with Crippen LogP contribution in [0.5, 0.6) is 0 Å². The molecule has 3 atom stereocenters. The number of amides is 1. The van der Waals surface area contributed by atoms with E-state index in [0.29, 0.717) is 16.4 Å². The molecule has 0 aromatic heterocycles. The number of carbonyl (C=O) groups excluding carboxylic acids is 1. The molecule has 0 radical (unpaired) electrons. The van der Waals surface area contributed by atoms with Gasteiger partial charge in [-0.05, 0) is 25.1 Å². The van der Waals surface area contributed by atoms with E-state index in [1.165, 1.54) is 0 Å². The number of aliphatic hydroxyl groups is 2. The van der Waals surface area contributed by atoms with Crippen LogP contribution in [0.4, 0.5) is 11.4 Å². The summed E-state index contributed by atoms with van der Waals surface area (Å²) < 4.78 is 0. The van der Waals surface area contributed by atoms with E-state index in [1.54, 1.807) is 30.0 Å². The molecule has 0 aliphatic carbocycles. The number of likely N-dealkylation sites (tertiary alicyclic amines) is 1. The van der Waals surface area contributed by atoms with Gasteiger partial charge in [-0.3, -0.25) is 9.69 Å². The first-order valence-corrected chi connectivity index (χ1v) is 6.72. The molecule has 20 heavy (non-hydrogen) atoms. The lowest BCUT2D eigenvalue weighted by Gasteiger charge is -2.23. The molecule has 6 nitrogen and oxygen atoms in total. The van der Waals surface area contributed by atoms with Gasteiger partial charge in [0.25, 0.3) is 0 Å². The van der Waals surface area contributed by atoms with Crippen LogP contribution in [0.15, 0.2) is 18.2 Å². The number of halogens is 1. The van der Waals surface area contributed by atoms with E-state index in [9.17, 15) is 15.0 Å². The Balaban J connectivity index is 2.01. The number of hydrogen-bond donors (Lipinski definition) is 4. The summed E-state index contributed by atoms with van der Waals surface area (Å²) in [6.07, 6.45) is -1.63. The van der Waals surface area contributed by atoms with Crippen LogP contribution in [0.3, 0.4) is 0 Å². The van der Waals surface area contributed by atoms with E-state index in [4.69, 9.17) is 17.3 Å². The molecule has 1 aromatic carbocycles. The van der Waals surface area contributed by atoms with Gasteiger partial charge in [0.2, 0.25) is 5.91 Å². The minimum Gasteiger partial charge on any atom is -0.397 e. The Kier molecular flexibility index (Phi) is 4.49. The molecule has 1 aromatic rings. The zero-order valence-corrected chi connectivity index (χ0v) is 11.8. The molecule has 3 unspecified atom stereocenters. The second kappa shape index (κ2) is 5.97. The van der Waals surface area contributed by atoms with Crippen molar-refractivity contribution >= 4 is 28.9 Å². The zero-order valence-electron chi connectivity index (χ0n) is 11.1. The second-order valence-electron chi connectivity index (χ2n) is 4.99. The van der Waals surface area contributed by atoms with E-state index >= 15 is 0 Å². The van der Waals surface area contributed by atoms with Crippen molar-refractivity contribution in [1.82, 2.24) is 4.90 Å². The van der Waals surface area contributed by atoms with E-state index in [-0.39, 0.29) is 19.0 Å². The van der Waals surface area contributed by atoms with Gasteiger partial charge in [-0.2, -0.15) is 0 Å². The Morgan fingerprint density at radius 2 is 2.05 bits per heavy atom. The third-order valence-electron chi connectivity index (χ3n) is 3.49. The molecule has 0 saturated carbocycles. The molecule has 1 aliphatic heterocycles. The van der Waals surface area contributed by atoms with Gasteiger partial charge in [0.05, 0.1) is 29.6 Å². The lowest BCUT2D eigenvalue weighted by Crippen LogP contribution is -2.41. The molecule has 1 aliphatic rings. The van der Waals surface area contributed by atoms with Gasteiger partial charge in [-0.1, -0.05) is 11.6 Å². The SMILES string of the molecule is CC(C(=O)Nc1ccc(Cl)cc1N)N1CC(O)C(O)C1. The molecule has 1 fully saturated rings. The van der Waals surface area contributed by atoms with Gasteiger partial charge in [0.1, 0.15) is 0 Å². The Bertz CT molecular complexity index is 502. The van der Waals surface area contributed by atoms with Crippen LogP contribution < -0.4 is 11.1 Å². The minimum absolute atomic E-state index is 0.250. The van der Waals surface area contributed by atoms with Gasteiger partial charge in [0.15, 0.2) is 0 Å². The summed E-state index contributed by atoms with van der Waals surface area (Å²) in [7, 11) is 0. The molecular formula is C13H18ClN3O3. The number of nitrogen functional groups attached to an aromatic ring is 1. The largest absolute Gasteiger partial charge is 0.397 e. The van der Waals surface area contributed by atoms with E-state index in [2.05, 4.69) is 5.32 Å². The van der Waals surface area contributed by atoms with Crippen molar-refractivity contribution in [3.05, 3.63) is 23.2 Å². The number of carbonyl (C=O) groups is 1. The monoisotopic (exact) mass is 299 g/mol. The fraction of sp³-hybridized carbons (Fsp3) is 0.462. The standard InChI is InChI=1S/C13H18ClN3O3/c1-7(17-5-11(18)12(19)6-17)13(20)16-10-3-2-8(14)4-9(10)15/h2-4,7,11-12,18-19H,5-6,15H2,1H3,(H,16,20). The number of benzene rings is 1. The Labute approximate surface area is 122 Å². The van der Waals surface area contributed by atoms with Crippen molar-refractivity contribution in [3.8, 4) is 0 Å². The number of rotatable bonds is 3. The Hall–Kier alpha value is -1.34. The summed E-state index contributed by atoms with van der Waals surface area (Å²) in [5.74, 6) is -0.250. The lowest BCUT2D eigenvalue weighted by molar-refractivity contribution is -0.120. The first kappa shape index (κ1) is 15.1. The highest BCUT2D eigenvalue weighted by Gasteiger charge is 2.34. The smallest absolute Gasteiger partial charge is 0.241 e. The maximum absolute atomic E-state index is 12.1. The van der Waals surface area contributed by atoms with E-state index in [0.717, 1.165) is 0 Å². The van der Waals surface area contributed by atoms with Gasteiger partial charge in [-0.25, -0.2) is 0 Å². The van der Waals surface area contributed by atoms with Crippen LogP contribution >= 0.6 is 11.6 Å². The number of anilines is 2. The van der Waals surface area contributed by atoms with Gasteiger partial charge in [0, 0.05) is 18.1 Å². The van der Waals surface area contributed by atoms with Crippen LogP contribution in [-0.4, -0.2) is 52.4 Å². The molecule has 0 bridgehead atoms. The molecule has 1 amide bonds. The highest BCUT2D eigenvalue weighted by Crippen LogP contribution is 2.23. The highest BCUT2D eigenvalue weighted by molar-refractivity contribution is 6.31. The average Bonchev–Trinajstić information content (AvgIpc) is 2.72. The van der Waals surface area contributed by atoms with E-state index < -0.39 is 18.2 Å². The van der Waals surface area contributed by atoms with Crippen LogP contribution in [0.2, 0.25) is 5.02 Å². The summed E-state index contributed by atoms with van der Waals surface area (Å²) in [6, 6.07) is 4.36. The topological polar surface area (TPSA) is 98.8 Å². The van der Waals surface area contributed by atoms with Crippen LogP contribution in [0.1, 0.15) is 6.92 Å². The van der Waals surface area contributed by atoms with Gasteiger partial charge >= 0.3 is 0 Å². The molecule has 7 heteroatoms. The fourth-order valence-corrected chi connectivity index (χ4v) is 2.35. The van der Waals surface area contributed by atoms with E-state index in [1.807, 2.05) is 0 Å². The first-order chi connectivity index (χ1) is 9.38.